The van der Waals surface area contributed by atoms with Crippen molar-refractivity contribution in [3.63, 3.8) is 0 Å². The first-order valence-electron chi connectivity index (χ1n) is 6.33. The fourth-order valence-electron chi connectivity index (χ4n) is 1.84. The van der Waals surface area contributed by atoms with Crippen LogP contribution in [0.5, 0.6) is 5.75 Å². The topological polar surface area (TPSA) is 9.23 Å². The summed E-state index contributed by atoms with van der Waals surface area (Å²) in [6.07, 6.45) is 0. The van der Waals surface area contributed by atoms with Gasteiger partial charge in [-0.15, -0.1) is 11.6 Å². The molecule has 108 valence electrons. The molecular weight excluding hydrogens is 310 g/mol. The number of rotatable bonds is 3. The number of ether oxygens (including phenoxy) is 1. The average Bonchev–Trinajstić information content (AvgIpc) is 2.48. The molecule has 0 unspecified atom stereocenters. The third-order valence-corrected chi connectivity index (χ3v) is 3.45. The fraction of sp³-hybridized carbons (Fsp3) is 0.176. The van der Waals surface area contributed by atoms with Crippen molar-refractivity contribution in [2.24, 2.45) is 0 Å². The Kier molecular flexibility index (Phi) is 5.50. The molecule has 0 N–H and O–H groups in total. The van der Waals surface area contributed by atoms with Crippen LogP contribution >= 0.6 is 23.2 Å². The quantitative estimate of drug-likeness (QED) is 0.573. The lowest BCUT2D eigenvalue weighted by Gasteiger charge is -2.10. The molecule has 0 amide bonds. The van der Waals surface area contributed by atoms with Gasteiger partial charge in [0.05, 0.1) is 10.9 Å². The molecule has 2 aromatic rings. The van der Waals surface area contributed by atoms with E-state index < -0.39 is 5.82 Å². The Morgan fingerprint density at radius 2 is 2.05 bits per heavy atom. The number of halogens is 3. The van der Waals surface area contributed by atoms with Crippen molar-refractivity contribution >= 4 is 23.2 Å². The number of alkyl halides is 1. The molecule has 2 rings (SSSR count). The maximum Gasteiger partial charge on any atom is 0.142 e. The van der Waals surface area contributed by atoms with Crippen LogP contribution in [0.25, 0.3) is 0 Å². The van der Waals surface area contributed by atoms with Gasteiger partial charge in [0, 0.05) is 11.1 Å². The van der Waals surface area contributed by atoms with Crippen LogP contribution in [-0.2, 0) is 6.61 Å². The fourth-order valence-corrected chi connectivity index (χ4v) is 2.09. The van der Waals surface area contributed by atoms with Crippen molar-refractivity contribution in [3.8, 4) is 17.6 Å². The van der Waals surface area contributed by atoms with E-state index in [4.69, 9.17) is 27.9 Å². The third kappa shape index (κ3) is 4.14. The predicted molar refractivity (Wildman–Crippen MR) is 84.5 cm³/mol. The van der Waals surface area contributed by atoms with Crippen molar-refractivity contribution in [1.29, 1.82) is 0 Å². The SMILES string of the molecule is Cc1cc(C#CCCl)ccc1OCc1cccc(F)c1Cl. The summed E-state index contributed by atoms with van der Waals surface area (Å²) in [6.45, 7) is 2.14. The molecule has 0 aromatic heterocycles. The summed E-state index contributed by atoms with van der Waals surface area (Å²) in [6, 6.07) is 10.3. The van der Waals surface area contributed by atoms with Crippen molar-refractivity contribution in [1.82, 2.24) is 0 Å². The highest BCUT2D eigenvalue weighted by molar-refractivity contribution is 6.31. The Hall–Kier alpha value is -1.69. The predicted octanol–water partition coefficient (Wildman–Crippen LogP) is 4.96. The van der Waals surface area contributed by atoms with Gasteiger partial charge in [-0.3, -0.25) is 0 Å². The van der Waals surface area contributed by atoms with E-state index in [0.29, 0.717) is 17.2 Å². The lowest BCUT2D eigenvalue weighted by molar-refractivity contribution is 0.303. The molecule has 2 aromatic carbocycles. The lowest BCUT2D eigenvalue weighted by atomic mass is 10.1. The number of benzene rings is 2. The van der Waals surface area contributed by atoms with E-state index in [1.807, 2.05) is 25.1 Å². The molecule has 0 fully saturated rings. The zero-order valence-corrected chi connectivity index (χ0v) is 12.9. The highest BCUT2D eigenvalue weighted by Crippen LogP contribution is 2.24. The molecule has 0 atom stereocenters. The van der Waals surface area contributed by atoms with Gasteiger partial charge in [-0.05, 0) is 36.8 Å². The van der Waals surface area contributed by atoms with Gasteiger partial charge in [0.2, 0.25) is 0 Å². The summed E-state index contributed by atoms with van der Waals surface area (Å²) < 4.78 is 19.0. The molecule has 0 saturated heterocycles. The van der Waals surface area contributed by atoms with Crippen molar-refractivity contribution in [2.45, 2.75) is 13.5 Å². The van der Waals surface area contributed by atoms with Crippen LogP contribution in [0, 0.1) is 24.6 Å². The van der Waals surface area contributed by atoms with E-state index in [-0.39, 0.29) is 11.6 Å². The highest BCUT2D eigenvalue weighted by Gasteiger charge is 2.07. The van der Waals surface area contributed by atoms with Crippen LogP contribution in [0.1, 0.15) is 16.7 Å². The minimum absolute atomic E-state index is 0.0970. The van der Waals surface area contributed by atoms with E-state index in [2.05, 4.69) is 11.8 Å². The smallest absolute Gasteiger partial charge is 0.142 e. The van der Waals surface area contributed by atoms with E-state index >= 15 is 0 Å². The summed E-state index contributed by atoms with van der Waals surface area (Å²) in [5, 5.41) is 0.0970. The molecule has 0 aliphatic carbocycles. The number of hydrogen-bond donors (Lipinski definition) is 0. The second-order valence-corrected chi connectivity index (χ2v) is 5.06. The van der Waals surface area contributed by atoms with Crippen molar-refractivity contribution in [3.05, 3.63) is 63.9 Å². The standard InChI is InChI=1S/C17H13Cl2FO/c1-12-10-13(4-3-9-18)7-8-16(12)21-11-14-5-2-6-15(20)17(14)19/h2,5-8,10H,9,11H2,1H3. The van der Waals surface area contributed by atoms with Crippen LogP contribution in [0.15, 0.2) is 36.4 Å². The molecule has 1 nitrogen and oxygen atoms in total. The lowest BCUT2D eigenvalue weighted by Crippen LogP contribution is -1.99. The van der Waals surface area contributed by atoms with Crippen LogP contribution in [0.3, 0.4) is 0 Å². The van der Waals surface area contributed by atoms with Gasteiger partial charge in [-0.1, -0.05) is 35.6 Å². The Balaban J connectivity index is 2.12. The minimum Gasteiger partial charge on any atom is -0.489 e. The average molecular weight is 323 g/mol. The van der Waals surface area contributed by atoms with Gasteiger partial charge in [-0.2, -0.15) is 0 Å². The first-order chi connectivity index (χ1) is 10.1. The third-order valence-electron chi connectivity index (χ3n) is 2.89. The molecule has 0 spiro atoms. The van der Waals surface area contributed by atoms with Crippen LogP contribution < -0.4 is 4.74 Å². The maximum absolute atomic E-state index is 13.3. The summed E-state index contributed by atoms with van der Waals surface area (Å²) >= 11 is 11.4. The molecule has 0 aliphatic rings. The second-order valence-electron chi connectivity index (χ2n) is 4.42. The van der Waals surface area contributed by atoms with Crippen LogP contribution in [-0.4, -0.2) is 5.88 Å². The molecule has 0 aliphatic heterocycles. The van der Waals surface area contributed by atoms with Crippen molar-refractivity contribution in [2.75, 3.05) is 5.88 Å². The normalized spacial score (nSPS) is 9.90. The summed E-state index contributed by atoms with van der Waals surface area (Å²) in [7, 11) is 0. The largest absolute Gasteiger partial charge is 0.489 e. The minimum atomic E-state index is -0.443. The molecule has 0 radical (unpaired) electrons. The van der Waals surface area contributed by atoms with E-state index in [9.17, 15) is 4.39 Å². The molecule has 21 heavy (non-hydrogen) atoms. The monoisotopic (exact) mass is 322 g/mol. The Morgan fingerprint density at radius 3 is 2.76 bits per heavy atom. The number of hydrogen-bond acceptors (Lipinski definition) is 1. The van der Waals surface area contributed by atoms with Crippen LogP contribution in [0.4, 0.5) is 4.39 Å². The van der Waals surface area contributed by atoms with Gasteiger partial charge >= 0.3 is 0 Å². The zero-order chi connectivity index (χ0) is 15.2. The molecule has 0 saturated carbocycles. The highest BCUT2D eigenvalue weighted by atomic mass is 35.5. The molecule has 0 bridgehead atoms. The van der Waals surface area contributed by atoms with Gasteiger partial charge in [-0.25, -0.2) is 4.39 Å². The first-order valence-corrected chi connectivity index (χ1v) is 7.24. The molecule has 4 heteroatoms. The van der Waals surface area contributed by atoms with Gasteiger partial charge in [0.25, 0.3) is 0 Å². The van der Waals surface area contributed by atoms with Crippen molar-refractivity contribution < 1.29 is 9.13 Å². The molecule has 0 heterocycles. The zero-order valence-electron chi connectivity index (χ0n) is 11.4. The maximum atomic E-state index is 13.3. The Labute approximate surface area is 133 Å². The Bertz CT molecular complexity index is 702. The van der Waals surface area contributed by atoms with E-state index in [0.717, 1.165) is 11.1 Å². The van der Waals surface area contributed by atoms with E-state index in [1.165, 1.54) is 6.07 Å². The molecular formula is C17H13Cl2FO. The first kappa shape index (κ1) is 15.7. The summed E-state index contributed by atoms with van der Waals surface area (Å²) in [4.78, 5) is 0. The van der Waals surface area contributed by atoms with Gasteiger partial charge in [0.15, 0.2) is 0 Å². The summed E-state index contributed by atoms with van der Waals surface area (Å²) in [5.74, 6) is 6.32. The van der Waals surface area contributed by atoms with Crippen LogP contribution in [0.2, 0.25) is 5.02 Å². The van der Waals surface area contributed by atoms with E-state index in [1.54, 1.807) is 12.1 Å². The Morgan fingerprint density at radius 1 is 1.24 bits per heavy atom. The van der Waals surface area contributed by atoms with Gasteiger partial charge < -0.3 is 4.74 Å². The summed E-state index contributed by atoms with van der Waals surface area (Å²) in [5.41, 5.74) is 2.44. The second kappa shape index (κ2) is 7.36. The number of aryl methyl sites for hydroxylation is 1. The van der Waals surface area contributed by atoms with Gasteiger partial charge in [0.1, 0.15) is 18.2 Å².